The smallest absolute Gasteiger partial charge is 0.322 e. The van der Waals surface area contributed by atoms with Gasteiger partial charge in [0.2, 0.25) is 0 Å². The monoisotopic (exact) mass is 417 g/mol. The van der Waals surface area contributed by atoms with Crippen molar-refractivity contribution in [3.8, 4) is 0 Å². The molecule has 0 aromatic heterocycles. The predicted molar refractivity (Wildman–Crippen MR) is 104 cm³/mol. The molecule has 2 fully saturated rings. The molecule has 0 bridgehead atoms. The Hall–Kier alpha value is -1.21. The summed E-state index contributed by atoms with van der Waals surface area (Å²) in [4.78, 5) is 11.7. The average molecular weight is 419 g/mol. The number of hydrogen-bond acceptors (Lipinski definition) is 1. The van der Waals surface area contributed by atoms with E-state index in [1.54, 1.807) is 12.1 Å². The first kappa shape index (κ1) is 22.8. The Bertz CT molecular complexity index is 552. The molecule has 0 aliphatic heterocycles. The third-order valence-electron chi connectivity index (χ3n) is 3.18. The van der Waals surface area contributed by atoms with E-state index >= 15 is 0 Å². The summed E-state index contributed by atoms with van der Waals surface area (Å²) in [6.07, 6.45) is 20.0. The third-order valence-corrected chi connectivity index (χ3v) is 3.18. The van der Waals surface area contributed by atoms with Crippen LogP contribution >= 0.6 is 0 Å². The number of amides is 1. The van der Waals surface area contributed by atoms with Crippen molar-refractivity contribution in [1.82, 2.24) is 0 Å². The van der Waals surface area contributed by atoms with Crippen LogP contribution in [-0.4, -0.2) is 5.91 Å². The Morgan fingerprint density at radius 2 is 0.885 bits per heavy atom. The van der Waals surface area contributed by atoms with Crippen LogP contribution in [0, 0.1) is 64.2 Å². The van der Waals surface area contributed by atoms with Gasteiger partial charge >= 0.3 is 26.2 Å². The van der Waals surface area contributed by atoms with Crippen LogP contribution < -0.4 is 5.32 Å². The molecule has 2 aliphatic rings. The van der Waals surface area contributed by atoms with Crippen LogP contribution in [0.1, 0.15) is 10.4 Å². The molecule has 2 aromatic rings. The second-order valence-electron chi connectivity index (χ2n) is 5.11. The quantitative estimate of drug-likeness (QED) is 0.732. The molecule has 1 amide bonds. The molecule has 0 unspecified atom stereocenters. The molecule has 10 radical (unpaired) electrons. The largest absolute Gasteiger partial charge is 2.00 e. The van der Waals surface area contributed by atoms with Gasteiger partial charge in [0, 0.05) is 11.3 Å². The molecule has 26 heavy (non-hydrogen) atoms. The minimum atomic E-state index is -0.0817. The standard InChI is InChI=1S/C13H11NO.2C5H5.Zr/c15-13(11-7-3-1-4-8-11)14-12-9-5-2-6-10-12;2*1-2-4-5-3-1;/h1-10H,(H,14,15);2*1-5H;/q;;;+2. The average Bonchev–Trinajstić information content (AvgIpc) is 3.42. The number of carbonyl (C=O) groups excluding carboxylic acids is 1. The van der Waals surface area contributed by atoms with E-state index in [-0.39, 0.29) is 32.1 Å². The van der Waals surface area contributed by atoms with E-state index in [0.717, 1.165) is 5.69 Å². The van der Waals surface area contributed by atoms with Gasteiger partial charge in [0.15, 0.2) is 0 Å². The van der Waals surface area contributed by atoms with E-state index < -0.39 is 0 Å². The van der Waals surface area contributed by atoms with Crippen molar-refractivity contribution in [2.24, 2.45) is 0 Å². The van der Waals surface area contributed by atoms with Crippen LogP contribution in [0.3, 0.4) is 0 Å². The summed E-state index contributed by atoms with van der Waals surface area (Å²) in [7, 11) is 0. The van der Waals surface area contributed by atoms with Gasteiger partial charge in [0.1, 0.15) is 0 Å². The van der Waals surface area contributed by atoms with Crippen molar-refractivity contribution in [3.63, 3.8) is 0 Å². The van der Waals surface area contributed by atoms with Gasteiger partial charge in [-0.3, -0.25) is 4.79 Å². The van der Waals surface area contributed by atoms with Crippen LogP contribution in [0.15, 0.2) is 60.7 Å². The molecule has 2 saturated carbocycles. The van der Waals surface area contributed by atoms with Crippen LogP contribution in [0.25, 0.3) is 0 Å². The molecule has 0 heterocycles. The minimum absolute atomic E-state index is 0. The number of anilines is 1. The van der Waals surface area contributed by atoms with Crippen LogP contribution in [-0.2, 0) is 26.2 Å². The summed E-state index contributed by atoms with van der Waals surface area (Å²) in [5, 5.41) is 2.82. The summed E-state index contributed by atoms with van der Waals surface area (Å²) in [6.45, 7) is 0. The number of benzene rings is 2. The molecule has 2 aliphatic carbocycles. The number of carbonyl (C=O) groups is 1. The predicted octanol–water partition coefficient (Wildman–Crippen LogP) is 4.98. The minimum Gasteiger partial charge on any atom is -0.322 e. The summed E-state index contributed by atoms with van der Waals surface area (Å²) < 4.78 is 0. The fourth-order valence-corrected chi connectivity index (χ4v) is 1.96. The molecule has 1 N–H and O–H groups in total. The first-order chi connectivity index (χ1) is 12.4. The molecule has 2 nitrogen and oxygen atoms in total. The Morgan fingerprint density at radius 1 is 0.538 bits per heavy atom. The fraction of sp³-hybridized carbons (Fsp3) is 0. The first-order valence-corrected chi connectivity index (χ1v) is 8.11. The molecule has 2 aromatic carbocycles. The second kappa shape index (κ2) is 14.9. The molecule has 3 heteroatoms. The fourth-order valence-electron chi connectivity index (χ4n) is 1.96. The topological polar surface area (TPSA) is 29.1 Å². The Kier molecular flexibility index (Phi) is 13.1. The van der Waals surface area contributed by atoms with Crippen molar-refractivity contribution in [2.75, 3.05) is 5.32 Å². The Labute approximate surface area is 177 Å². The van der Waals surface area contributed by atoms with Gasteiger partial charge in [-0.2, -0.15) is 0 Å². The molecule has 0 atom stereocenters. The number of para-hydroxylation sites is 1. The van der Waals surface area contributed by atoms with Gasteiger partial charge in [-0.25, -0.2) is 0 Å². The number of nitrogens with one attached hydrogen (secondary N) is 1. The van der Waals surface area contributed by atoms with Gasteiger partial charge in [-0.15, -0.1) is 0 Å². The second-order valence-corrected chi connectivity index (χ2v) is 5.11. The Balaban J connectivity index is 0.000000251. The summed E-state index contributed by atoms with van der Waals surface area (Å²) in [5.74, 6) is -0.0817. The third kappa shape index (κ3) is 10.1. The summed E-state index contributed by atoms with van der Waals surface area (Å²) in [5.41, 5.74) is 1.48. The zero-order valence-corrected chi connectivity index (χ0v) is 16.9. The number of rotatable bonds is 2. The molecular weight excluding hydrogens is 397 g/mol. The zero-order valence-electron chi connectivity index (χ0n) is 14.5. The van der Waals surface area contributed by atoms with Crippen molar-refractivity contribution < 1.29 is 31.0 Å². The van der Waals surface area contributed by atoms with E-state index in [0.29, 0.717) is 5.56 Å². The van der Waals surface area contributed by atoms with E-state index in [1.807, 2.05) is 113 Å². The van der Waals surface area contributed by atoms with E-state index in [2.05, 4.69) is 5.32 Å². The molecule has 4 rings (SSSR count). The maximum Gasteiger partial charge on any atom is 2.00 e. The molecular formula is C23H21NOZr+2. The molecule has 0 saturated heterocycles. The summed E-state index contributed by atoms with van der Waals surface area (Å²) >= 11 is 0. The van der Waals surface area contributed by atoms with Crippen molar-refractivity contribution in [2.45, 2.75) is 0 Å². The maximum atomic E-state index is 11.7. The maximum absolute atomic E-state index is 11.7. The van der Waals surface area contributed by atoms with E-state index in [1.165, 1.54) is 0 Å². The zero-order chi connectivity index (χ0) is 17.6. The summed E-state index contributed by atoms with van der Waals surface area (Å²) in [6, 6.07) is 18.6. The van der Waals surface area contributed by atoms with Crippen LogP contribution in [0.2, 0.25) is 0 Å². The van der Waals surface area contributed by atoms with Gasteiger partial charge in [0.05, 0.1) is 0 Å². The van der Waals surface area contributed by atoms with Crippen molar-refractivity contribution >= 4 is 11.6 Å². The number of hydrogen-bond donors (Lipinski definition) is 1. The van der Waals surface area contributed by atoms with Crippen molar-refractivity contribution in [3.05, 3.63) is 130 Å². The molecule has 126 valence electrons. The SMILES string of the molecule is O=C(Nc1ccccc1)c1ccccc1.[CH]1[CH][CH][CH][CH]1.[CH]1[CH][CH][CH][CH]1.[Zr+2]. The van der Waals surface area contributed by atoms with Gasteiger partial charge in [-0.05, 0) is 88.5 Å². The van der Waals surface area contributed by atoms with E-state index in [4.69, 9.17) is 0 Å². The van der Waals surface area contributed by atoms with Gasteiger partial charge in [0.25, 0.3) is 5.91 Å². The van der Waals surface area contributed by atoms with Crippen LogP contribution in [0.4, 0.5) is 5.69 Å². The van der Waals surface area contributed by atoms with Gasteiger partial charge < -0.3 is 5.32 Å². The van der Waals surface area contributed by atoms with Gasteiger partial charge in [-0.1, -0.05) is 36.4 Å². The van der Waals surface area contributed by atoms with Crippen LogP contribution in [0.5, 0.6) is 0 Å². The normalized spacial score (nSPS) is 14.8. The Morgan fingerprint density at radius 3 is 1.27 bits per heavy atom. The van der Waals surface area contributed by atoms with Crippen molar-refractivity contribution in [1.29, 1.82) is 0 Å². The first-order valence-electron chi connectivity index (χ1n) is 8.11. The molecule has 0 spiro atoms. The van der Waals surface area contributed by atoms with E-state index in [9.17, 15) is 4.79 Å².